The number of thiophene rings is 1. The Kier molecular flexibility index (Phi) is 4.39. The van der Waals surface area contributed by atoms with Gasteiger partial charge < -0.3 is 14.7 Å². The van der Waals surface area contributed by atoms with Gasteiger partial charge in [0.2, 0.25) is 5.91 Å². The SMILES string of the molecule is O=C(O)[C@H]1CN(C(=O)CCn2cnc3sccc3c2=O)CCO1. The zero-order chi connectivity index (χ0) is 16.4. The molecule has 1 aliphatic heterocycles. The first-order valence-corrected chi connectivity index (χ1v) is 7.99. The van der Waals surface area contributed by atoms with Gasteiger partial charge in [-0.15, -0.1) is 11.3 Å². The van der Waals surface area contributed by atoms with Crippen molar-refractivity contribution in [2.45, 2.75) is 19.1 Å². The van der Waals surface area contributed by atoms with Gasteiger partial charge in [0.1, 0.15) is 4.83 Å². The molecule has 2 aromatic heterocycles. The molecule has 3 heterocycles. The number of amides is 1. The Morgan fingerprint density at radius 2 is 2.30 bits per heavy atom. The molecule has 23 heavy (non-hydrogen) atoms. The molecule has 1 amide bonds. The first-order valence-electron chi connectivity index (χ1n) is 7.11. The molecule has 122 valence electrons. The Bertz CT molecular complexity index is 799. The summed E-state index contributed by atoms with van der Waals surface area (Å²) in [6.45, 7) is 0.806. The molecule has 9 heteroatoms. The lowest BCUT2D eigenvalue weighted by Crippen LogP contribution is -2.48. The van der Waals surface area contributed by atoms with Crippen LogP contribution in [0.4, 0.5) is 0 Å². The number of nitrogens with zero attached hydrogens (tertiary/aromatic N) is 3. The van der Waals surface area contributed by atoms with E-state index in [4.69, 9.17) is 9.84 Å². The summed E-state index contributed by atoms with van der Waals surface area (Å²) in [6, 6.07) is 1.72. The van der Waals surface area contributed by atoms with E-state index in [1.165, 1.54) is 27.1 Å². The Labute approximate surface area is 134 Å². The van der Waals surface area contributed by atoms with Crippen LogP contribution in [0.15, 0.2) is 22.6 Å². The van der Waals surface area contributed by atoms with E-state index in [1.54, 1.807) is 11.4 Å². The van der Waals surface area contributed by atoms with Crippen molar-refractivity contribution < 1.29 is 19.4 Å². The number of fused-ring (bicyclic) bond motifs is 1. The number of carbonyl (C=O) groups is 2. The first-order chi connectivity index (χ1) is 11.1. The van der Waals surface area contributed by atoms with E-state index >= 15 is 0 Å². The van der Waals surface area contributed by atoms with Crippen molar-refractivity contribution in [1.29, 1.82) is 0 Å². The topological polar surface area (TPSA) is 102 Å². The summed E-state index contributed by atoms with van der Waals surface area (Å²) < 4.78 is 6.49. The van der Waals surface area contributed by atoms with Crippen LogP contribution in [-0.4, -0.2) is 57.2 Å². The third-order valence-electron chi connectivity index (χ3n) is 3.71. The molecule has 1 fully saturated rings. The largest absolute Gasteiger partial charge is 0.479 e. The second-order valence-corrected chi connectivity index (χ2v) is 6.06. The Balaban J connectivity index is 1.65. The highest BCUT2D eigenvalue weighted by Gasteiger charge is 2.28. The number of carboxylic acids is 1. The fraction of sp³-hybridized carbons (Fsp3) is 0.429. The summed E-state index contributed by atoms with van der Waals surface area (Å²) in [5, 5.41) is 11.3. The lowest BCUT2D eigenvalue weighted by Gasteiger charge is -2.31. The number of carboxylic acid groups (broad SMARTS) is 1. The Morgan fingerprint density at radius 1 is 1.48 bits per heavy atom. The highest BCUT2D eigenvalue weighted by molar-refractivity contribution is 7.16. The van der Waals surface area contributed by atoms with E-state index in [1.807, 2.05) is 0 Å². The van der Waals surface area contributed by atoms with Gasteiger partial charge in [0.15, 0.2) is 6.10 Å². The molecule has 0 spiro atoms. The molecule has 0 saturated carbocycles. The lowest BCUT2D eigenvalue weighted by atomic mass is 10.2. The van der Waals surface area contributed by atoms with Crippen LogP contribution in [0, 0.1) is 0 Å². The zero-order valence-electron chi connectivity index (χ0n) is 12.2. The van der Waals surface area contributed by atoms with Crippen molar-refractivity contribution in [3.05, 3.63) is 28.1 Å². The van der Waals surface area contributed by atoms with Crippen LogP contribution in [0.3, 0.4) is 0 Å². The van der Waals surface area contributed by atoms with Gasteiger partial charge in [-0.2, -0.15) is 0 Å². The molecule has 2 aromatic rings. The number of hydrogen-bond donors (Lipinski definition) is 1. The average Bonchev–Trinajstić information content (AvgIpc) is 3.03. The van der Waals surface area contributed by atoms with E-state index in [9.17, 15) is 14.4 Å². The highest BCUT2D eigenvalue weighted by atomic mass is 32.1. The molecule has 1 saturated heterocycles. The smallest absolute Gasteiger partial charge is 0.334 e. The van der Waals surface area contributed by atoms with E-state index < -0.39 is 12.1 Å². The predicted molar refractivity (Wildman–Crippen MR) is 82.5 cm³/mol. The molecule has 0 aromatic carbocycles. The summed E-state index contributed by atoms with van der Waals surface area (Å²) in [6.07, 6.45) is 0.566. The number of aliphatic carboxylic acids is 1. The maximum atomic E-state index is 12.2. The minimum absolute atomic E-state index is 0.0326. The quantitative estimate of drug-likeness (QED) is 0.853. The van der Waals surface area contributed by atoms with Gasteiger partial charge in [0.25, 0.3) is 5.56 Å². The van der Waals surface area contributed by atoms with Crippen LogP contribution in [0.1, 0.15) is 6.42 Å². The minimum Gasteiger partial charge on any atom is -0.479 e. The van der Waals surface area contributed by atoms with Crippen LogP contribution >= 0.6 is 11.3 Å². The van der Waals surface area contributed by atoms with Crippen molar-refractivity contribution in [2.75, 3.05) is 19.7 Å². The summed E-state index contributed by atoms with van der Waals surface area (Å²) in [5.74, 6) is -1.28. The van der Waals surface area contributed by atoms with Gasteiger partial charge in [0, 0.05) is 19.5 Å². The molecule has 3 rings (SSSR count). The molecule has 0 unspecified atom stereocenters. The summed E-state index contributed by atoms with van der Waals surface area (Å²) in [7, 11) is 0. The van der Waals surface area contributed by atoms with Crippen LogP contribution < -0.4 is 5.56 Å². The number of ether oxygens (including phenoxy) is 1. The van der Waals surface area contributed by atoms with Crippen LogP contribution in [0.2, 0.25) is 0 Å². The fourth-order valence-electron chi connectivity index (χ4n) is 2.45. The van der Waals surface area contributed by atoms with Crippen molar-refractivity contribution in [2.24, 2.45) is 0 Å². The second-order valence-electron chi connectivity index (χ2n) is 5.17. The first kappa shape index (κ1) is 15.6. The maximum absolute atomic E-state index is 12.2. The number of aryl methyl sites for hydroxylation is 1. The average molecular weight is 337 g/mol. The van der Waals surface area contributed by atoms with E-state index in [-0.39, 0.29) is 37.6 Å². The highest BCUT2D eigenvalue weighted by Crippen LogP contribution is 2.13. The third kappa shape index (κ3) is 3.25. The van der Waals surface area contributed by atoms with Crippen LogP contribution in [-0.2, 0) is 20.9 Å². The zero-order valence-corrected chi connectivity index (χ0v) is 13.0. The molecular weight excluding hydrogens is 322 g/mol. The second kappa shape index (κ2) is 6.47. The van der Waals surface area contributed by atoms with Crippen LogP contribution in [0.25, 0.3) is 10.2 Å². The predicted octanol–water partition coefficient (Wildman–Crippen LogP) is 0.160. The Morgan fingerprint density at radius 3 is 3.09 bits per heavy atom. The molecule has 1 aliphatic rings. The van der Waals surface area contributed by atoms with Crippen molar-refractivity contribution in [3.63, 3.8) is 0 Å². The van der Waals surface area contributed by atoms with Crippen molar-refractivity contribution in [3.8, 4) is 0 Å². The number of carbonyl (C=O) groups excluding carboxylic acids is 1. The Hall–Kier alpha value is -2.26. The number of hydrogen-bond acceptors (Lipinski definition) is 6. The van der Waals surface area contributed by atoms with E-state index in [2.05, 4.69) is 4.98 Å². The van der Waals surface area contributed by atoms with Crippen molar-refractivity contribution >= 4 is 33.4 Å². The van der Waals surface area contributed by atoms with Gasteiger partial charge in [0.05, 0.1) is 24.9 Å². The van der Waals surface area contributed by atoms with Crippen molar-refractivity contribution in [1.82, 2.24) is 14.5 Å². The lowest BCUT2D eigenvalue weighted by molar-refractivity contribution is -0.159. The number of rotatable bonds is 4. The van der Waals surface area contributed by atoms with Crippen LogP contribution in [0.5, 0.6) is 0 Å². The third-order valence-corrected chi connectivity index (χ3v) is 4.53. The summed E-state index contributed by atoms with van der Waals surface area (Å²) in [5.41, 5.74) is -0.172. The number of morpholine rings is 1. The summed E-state index contributed by atoms with van der Waals surface area (Å²) >= 11 is 1.39. The van der Waals surface area contributed by atoms with Gasteiger partial charge in [-0.1, -0.05) is 0 Å². The molecule has 1 atom stereocenters. The van der Waals surface area contributed by atoms with Gasteiger partial charge in [-0.05, 0) is 11.4 Å². The van der Waals surface area contributed by atoms with E-state index in [0.717, 1.165) is 0 Å². The standard InChI is InChI=1S/C14H15N3O5S/c18-11(16-4-5-22-10(7-16)14(20)21)1-3-17-8-15-12-9(13(17)19)2-6-23-12/h2,6,8,10H,1,3-5,7H2,(H,20,21)/t10-/m1/s1. The summed E-state index contributed by atoms with van der Waals surface area (Å²) in [4.78, 5) is 41.7. The molecular formula is C14H15N3O5S. The monoisotopic (exact) mass is 337 g/mol. The van der Waals surface area contributed by atoms with E-state index in [0.29, 0.717) is 16.8 Å². The maximum Gasteiger partial charge on any atom is 0.334 e. The molecule has 1 N–H and O–H groups in total. The molecule has 8 nitrogen and oxygen atoms in total. The molecule has 0 aliphatic carbocycles. The van der Waals surface area contributed by atoms with Gasteiger partial charge in [-0.3, -0.25) is 14.2 Å². The van der Waals surface area contributed by atoms with Gasteiger partial charge in [-0.25, -0.2) is 9.78 Å². The fourth-order valence-corrected chi connectivity index (χ4v) is 3.18. The molecule has 0 radical (unpaired) electrons. The normalized spacial score (nSPS) is 18.3. The van der Waals surface area contributed by atoms with Gasteiger partial charge >= 0.3 is 5.97 Å². The number of aromatic nitrogens is 2. The molecule has 0 bridgehead atoms. The minimum atomic E-state index is -1.08.